The molecule has 2 spiro atoms. The number of piperidine rings is 2. The molecule has 0 aromatic carbocycles. The molecule has 4 fully saturated rings. The lowest BCUT2D eigenvalue weighted by Gasteiger charge is -2.50. The Labute approximate surface area is 131 Å². The van der Waals surface area contributed by atoms with Crippen molar-refractivity contribution < 1.29 is 0 Å². The molecule has 120 valence electrons. The second-order valence-corrected chi connectivity index (χ2v) is 8.79. The Morgan fingerprint density at radius 1 is 0.762 bits per heavy atom. The maximum atomic E-state index is 3.68. The third-order valence-corrected chi connectivity index (χ3v) is 7.45. The van der Waals surface area contributed by atoms with Crippen molar-refractivity contribution in [2.45, 2.75) is 83.1 Å². The lowest BCUT2D eigenvalue weighted by molar-refractivity contribution is 0.0103. The van der Waals surface area contributed by atoms with E-state index < -0.39 is 0 Å². The van der Waals surface area contributed by atoms with Crippen LogP contribution in [0.15, 0.2) is 0 Å². The first-order chi connectivity index (χ1) is 10.3. The number of likely N-dealkylation sites (tertiary alicyclic amines) is 1. The zero-order valence-corrected chi connectivity index (χ0v) is 13.8. The summed E-state index contributed by atoms with van der Waals surface area (Å²) in [5, 5.41) is 3.68. The maximum absolute atomic E-state index is 3.68. The zero-order valence-electron chi connectivity index (χ0n) is 13.8. The second-order valence-electron chi connectivity index (χ2n) is 8.79. The summed E-state index contributed by atoms with van der Waals surface area (Å²) in [6.45, 7) is 5.34. The van der Waals surface area contributed by atoms with Crippen LogP contribution in [0.25, 0.3) is 0 Å². The van der Waals surface area contributed by atoms with Crippen molar-refractivity contribution in [2.75, 3.05) is 26.2 Å². The highest BCUT2D eigenvalue weighted by molar-refractivity contribution is 4.96. The number of rotatable bonds is 1. The molecule has 0 bridgehead atoms. The minimum Gasteiger partial charge on any atom is -0.316 e. The van der Waals surface area contributed by atoms with Gasteiger partial charge in [0.2, 0.25) is 0 Å². The molecule has 1 unspecified atom stereocenters. The quantitative estimate of drug-likeness (QED) is 0.786. The van der Waals surface area contributed by atoms with Gasteiger partial charge in [0, 0.05) is 19.1 Å². The van der Waals surface area contributed by atoms with Gasteiger partial charge in [0.15, 0.2) is 0 Å². The predicted molar refractivity (Wildman–Crippen MR) is 88.5 cm³/mol. The van der Waals surface area contributed by atoms with Gasteiger partial charge < -0.3 is 5.32 Å². The van der Waals surface area contributed by atoms with Gasteiger partial charge in [0.1, 0.15) is 0 Å². The largest absolute Gasteiger partial charge is 0.316 e. The molecular weight excluding hydrogens is 256 g/mol. The van der Waals surface area contributed by atoms with Crippen LogP contribution >= 0.6 is 0 Å². The minimum atomic E-state index is 0.638. The Hall–Kier alpha value is -0.0800. The van der Waals surface area contributed by atoms with Crippen LogP contribution in [0.2, 0.25) is 0 Å². The summed E-state index contributed by atoms with van der Waals surface area (Å²) in [5.41, 5.74) is 1.44. The van der Waals surface area contributed by atoms with E-state index in [4.69, 9.17) is 0 Å². The van der Waals surface area contributed by atoms with E-state index in [1.165, 1.54) is 77.5 Å². The summed E-state index contributed by atoms with van der Waals surface area (Å²) >= 11 is 0. The molecule has 2 aliphatic heterocycles. The molecule has 0 radical (unpaired) electrons. The van der Waals surface area contributed by atoms with E-state index in [0.29, 0.717) is 5.41 Å². The molecule has 0 amide bonds. The van der Waals surface area contributed by atoms with Gasteiger partial charge in [0.25, 0.3) is 0 Å². The number of nitrogens with zero attached hydrogens (tertiary/aromatic N) is 1. The average molecular weight is 290 g/mol. The van der Waals surface area contributed by atoms with E-state index in [1.807, 2.05) is 0 Å². The smallest absolute Gasteiger partial charge is 0.00959 e. The van der Waals surface area contributed by atoms with Crippen molar-refractivity contribution in [2.24, 2.45) is 10.8 Å². The highest BCUT2D eigenvalue weighted by Crippen LogP contribution is 2.50. The Morgan fingerprint density at radius 3 is 2.19 bits per heavy atom. The molecule has 2 nitrogen and oxygen atoms in total. The molecule has 2 heterocycles. The van der Waals surface area contributed by atoms with Crippen molar-refractivity contribution in [3.63, 3.8) is 0 Å². The van der Waals surface area contributed by atoms with Crippen LogP contribution in [0.5, 0.6) is 0 Å². The monoisotopic (exact) mass is 290 g/mol. The van der Waals surface area contributed by atoms with Crippen LogP contribution in [0, 0.1) is 10.8 Å². The average Bonchev–Trinajstić information content (AvgIpc) is 2.97. The summed E-state index contributed by atoms with van der Waals surface area (Å²) in [6, 6.07) is 0.926. The van der Waals surface area contributed by atoms with Gasteiger partial charge in [-0.3, -0.25) is 4.90 Å². The minimum absolute atomic E-state index is 0.638. The van der Waals surface area contributed by atoms with E-state index >= 15 is 0 Å². The van der Waals surface area contributed by atoms with Gasteiger partial charge in [-0.2, -0.15) is 0 Å². The third kappa shape index (κ3) is 2.91. The molecule has 2 saturated heterocycles. The molecule has 1 N–H and O–H groups in total. The molecule has 4 aliphatic rings. The van der Waals surface area contributed by atoms with Crippen LogP contribution in [0.4, 0.5) is 0 Å². The second kappa shape index (κ2) is 5.85. The molecular formula is C19H34N2. The summed E-state index contributed by atoms with van der Waals surface area (Å²) in [6.07, 6.45) is 18.0. The molecule has 2 heteroatoms. The fourth-order valence-corrected chi connectivity index (χ4v) is 6.14. The van der Waals surface area contributed by atoms with Crippen LogP contribution in [-0.4, -0.2) is 37.1 Å². The van der Waals surface area contributed by atoms with Crippen molar-refractivity contribution in [1.29, 1.82) is 0 Å². The van der Waals surface area contributed by atoms with E-state index in [1.54, 1.807) is 25.7 Å². The molecule has 2 aliphatic carbocycles. The van der Waals surface area contributed by atoms with Crippen molar-refractivity contribution in [3.8, 4) is 0 Å². The zero-order chi connectivity index (χ0) is 14.2. The maximum Gasteiger partial charge on any atom is 0.00959 e. The molecule has 0 aromatic rings. The van der Waals surface area contributed by atoms with E-state index in [0.717, 1.165) is 11.5 Å². The molecule has 4 rings (SSSR count). The Morgan fingerprint density at radius 2 is 1.48 bits per heavy atom. The highest BCUT2D eigenvalue weighted by atomic mass is 15.2. The lowest BCUT2D eigenvalue weighted by atomic mass is 9.69. The molecule has 0 aromatic heterocycles. The Kier molecular flexibility index (Phi) is 4.04. The van der Waals surface area contributed by atoms with Crippen LogP contribution in [-0.2, 0) is 0 Å². The van der Waals surface area contributed by atoms with Crippen LogP contribution in [0.3, 0.4) is 0 Å². The normalized spacial score (nSPS) is 38.3. The van der Waals surface area contributed by atoms with Crippen molar-refractivity contribution in [1.82, 2.24) is 10.2 Å². The Bertz CT molecular complexity index is 337. The SMILES string of the molecule is C1CCC2(C1)CCC(N1CCCC3(CCCNC3)C1)CC2. The number of hydrogen-bond acceptors (Lipinski definition) is 2. The predicted octanol–water partition coefficient (Wildman–Crippen LogP) is 3.96. The van der Waals surface area contributed by atoms with Gasteiger partial charge in [-0.25, -0.2) is 0 Å². The summed E-state index contributed by atoms with van der Waals surface area (Å²) in [4.78, 5) is 2.91. The van der Waals surface area contributed by atoms with Crippen molar-refractivity contribution >= 4 is 0 Å². The molecule has 2 saturated carbocycles. The lowest BCUT2D eigenvalue weighted by Crippen LogP contribution is -2.54. The topological polar surface area (TPSA) is 15.3 Å². The van der Waals surface area contributed by atoms with Gasteiger partial charge in [-0.15, -0.1) is 0 Å². The standard InChI is InChI=1S/C19H34N2/c1-2-8-18(7-1)11-5-17(6-12-18)21-14-4-10-19(16-21)9-3-13-20-15-19/h17,20H,1-16H2. The van der Waals surface area contributed by atoms with E-state index in [9.17, 15) is 0 Å². The van der Waals surface area contributed by atoms with Gasteiger partial charge in [0.05, 0.1) is 0 Å². The third-order valence-electron chi connectivity index (χ3n) is 7.45. The van der Waals surface area contributed by atoms with Crippen LogP contribution in [0.1, 0.15) is 77.0 Å². The first-order valence-corrected chi connectivity index (χ1v) is 9.74. The summed E-state index contributed by atoms with van der Waals surface area (Å²) < 4.78 is 0. The highest BCUT2D eigenvalue weighted by Gasteiger charge is 2.42. The summed E-state index contributed by atoms with van der Waals surface area (Å²) in [7, 11) is 0. The van der Waals surface area contributed by atoms with E-state index in [-0.39, 0.29) is 0 Å². The van der Waals surface area contributed by atoms with E-state index in [2.05, 4.69) is 10.2 Å². The first kappa shape index (κ1) is 14.5. The Balaban J connectivity index is 1.36. The summed E-state index contributed by atoms with van der Waals surface area (Å²) in [5.74, 6) is 0. The van der Waals surface area contributed by atoms with Crippen LogP contribution < -0.4 is 5.32 Å². The molecule has 21 heavy (non-hydrogen) atoms. The fraction of sp³-hybridized carbons (Fsp3) is 1.00. The van der Waals surface area contributed by atoms with Gasteiger partial charge in [-0.05, 0) is 88.1 Å². The first-order valence-electron chi connectivity index (χ1n) is 9.74. The number of nitrogens with one attached hydrogen (secondary N) is 1. The number of hydrogen-bond donors (Lipinski definition) is 1. The fourth-order valence-electron chi connectivity index (χ4n) is 6.14. The molecule has 1 atom stereocenters. The van der Waals surface area contributed by atoms with Gasteiger partial charge >= 0.3 is 0 Å². The van der Waals surface area contributed by atoms with Gasteiger partial charge in [-0.1, -0.05) is 12.8 Å². The van der Waals surface area contributed by atoms with Crippen molar-refractivity contribution in [3.05, 3.63) is 0 Å².